The van der Waals surface area contributed by atoms with Crippen LogP contribution in [0.2, 0.25) is 0 Å². The molecule has 7 heteroatoms. The van der Waals surface area contributed by atoms with Crippen LogP contribution in [0.4, 0.5) is 10.5 Å². The van der Waals surface area contributed by atoms with Gasteiger partial charge in [-0.3, -0.25) is 9.69 Å². The Kier molecular flexibility index (Phi) is 7.59. The Morgan fingerprint density at radius 2 is 1.81 bits per heavy atom. The van der Waals surface area contributed by atoms with Crippen LogP contribution in [-0.2, 0) is 11.3 Å². The van der Waals surface area contributed by atoms with Crippen molar-refractivity contribution in [3.63, 3.8) is 0 Å². The van der Waals surface area contributed by atoms with Crippen LogP contribution >= 0.6 is 11.3 Å². The molecule has 0 spiro atoms. The van der Waals surface area contributed by atoms with Crippen LogP contribution in [0.15, 0.2) is 47.8 Å². The molecule has 0 bridgehead atoms. The summed E-state index contributed by atoms with van der Waals surface area (Å²) in [4.78, 5) is 31.1. The van der Waals surface area contributed by atoms with Gasteiger partial charge in [-0.15, -0.1) is 11.3 Å². The number of rotatable bonds is 6. The lowest BCUT2D eigenvalue weighted by molar-refractivity contribution is -0.121. The molecule has 3 heterocycles. The number of benzene rings is 1. The fraction of sp³-hybridized carbons (Fsp3) is 0.500. The summed E-state index contributed by atoms with van der Waals surface area (Å²) >= 11 is 1.82. The molecule has 2 aromatic rings. The van der Waals surface area contributed by atoms with E-state index in [9.17, 15) is 9.59 Å². The molecule has 3 amide bonds. The van der Waals surface area contributed by atoms with E-state index in [0.29, 0.717) is 12.5 Å². The number of nitrogens with one attached hydrogen (secondary N) is 2. The van der Waals surface area contributed by atoms with Gasteiger partial charge in [0.25, 0.3) is 0 Å². The van der Waals surface area contributed by atoms with Gasteiger partial charge in [-0.2, -0.15) is 0 Å². The zero-order valence-corrected chi connectivity index (χ0v) is 18.8. The molecular weight excluding hydrogens is 408 g/mol. The number of carbonyl (C=O) groups is 2. The molecule has 0 aliphatic carbocycles. The van der Waals surface area contributed by atoms with Gasteiger partial charge >= 0.3 is 6.03 Å². The molecule has 1 atom stereocenters. The zero-order valence-electron chi connectivity index (χ0n) is 18.0. The van der Waals surface area contributed by atoms with Crippen molar-refractivity contribution in [3.05, 3.63) is 52.7 Å². The number of thiophene rings is 1. The molecule has 4 rings (SSSR count). The zero-order chi connectivity index (χ0) is 21.5. The van der Waals surface area contributed by atoms with Crippen LogP contribution < -0.4 is 10.6 Å². The fourth-order valence-corrected chi connectivity index (χ4v) is 5.20. The minimum atomic E-state index is -0.153. The summed E-state index contributed by atoms with van der Waals surface area (Å²) < 4.78 is 0. The molecule has 1 aromatic heterocycles. The van der Waals surface area contributed by atoms with Crippen molar-refractivity contribution < 1.29 is 9.59 Å². The first-order valence-electron chi connectivity index (χ1n) is 11.3. The molecule has 0 radical (unpaired) electrons. The van der Waals surface area contributed by atoms with Crippen LogP contribution in [0.3, 0.4) is 0 Å². The van der Waals surface area contributed by atoms with Crippen molar-refractivity contribution in [2.24, 2.45) is 11.8 Å². The lowest BCUT2D eigenvalue weighted by atomic mass is 9.96. The maximum Gasteiger partial charge on any atom is 0.317 e. The number of amides is 3. The molecule has 2 N–H and O–H groups in total. The van der Waals surface area contributed by atoms with Gasteiger partial charge in [0.2, 0.25) is 5.91 Å². The van der Waals surface area contributed by atoms with Crippen LogP contribution in [0.1, 0.15) is 30.6 Å². The molecular formula is C24H32N4O2S. The van der Waals surface area contributed by atoms with E-state index < -0.39 is 0 Å². The van der Waals surface area contributed by atoms with Crippen LogP contribution in [0, 0.1) is 11.8 Å². The largest absolute Gasteiger partial charge is 0.338 e. The van der Waals surface area contributed by atoms with Gasteiger partial charge < -0.3 is 15.5 Å². The van der Waals surface area contributed by atoms with Crippen molar-refractivity contribution >= 4 is 29.0 Å². The fourth-order valence-electron chi connectivity index (χ4n) is 4.46. The minimum Gasteiger partial charge on any atom is -0.338 e. The van der Waals surface area contributed by atoms with E-state index in [1.54, 1.807) is 0 Å². The van der Waals surface area contributed by atoms with E-state index in [1.165, 1.54) is 4.88 Å². The first kappa shape index (κ1) is 21.8. The van der Waals surface area contributed by atoms with Gasteiger partial charge in [-0.05, 0) is 68.3 Å². The summed E-state index contributed by atoms with van der Waals surface area (Å²) in [5.74, 6) is 0.382. The number of carbonyl (C=O) groups excluding carboxylic acids is 2. The van der Waals surface area contributed by atoms with Crippen LogP contribution in [-0.4, -0.2) is 54.5 Å². The number of hydrogen-bond acceptors (Lipinski definition) is 4. The van der Waals surface area contributed by atoms with Crippen molar-refractivity contribution in [2.45, 2.75) is 32.2 Å². The summed E-state index contributed by atoms with van der Waals surface area (Å²) in [6.45, 7) is 5.15. The summed E-state index contributed by atoms with van der Waals surface area (Å²) in [7, 11) is 0. The average molecular weight is 441 g/mol. The Morgan fingerprint density at radius 1 is 1.00 bits per heavy atom. The quantitative estimate of drug-likeness (QED) is 0.713. The van der Waals surface area contributed by atoms with E-state index in [4.69, 9.17) is 0 Å². The van der Waals surface area contributed by atoms with E-state index in [2.05, 4.69) is 33.0 Å². The third-order valence-electron chi connectivity index (χ3n) is 6.33. The van der Waals surface area contributed by atoms with E-state index in [-0.39, 0.29) is 17.9 Å². The highest BCUT2D eigenvalue weighted by molar-refractivity contribution is 7.09. The second-order valence-corrected chi connectivity index (χ2v) is 9.66. The SMILES string of the molecule is O=C(Nc1ccccc1)C1CCCN(C(=O)NCC2CCN(Cc3cccs3)CC2)C1. The van der Waals surface area contributed by atoms with Gasteiger partial charge in [-0.1, -0.05) is 24.3 Å². The third kappa shape index (κ3) is 6.31. The lowest BCUT2D eigenvalue weighted by Crippen LogP contribution is -2.49. The van der Waals surface area contributed by atoms with Gasteiger partial charge in [-0.25, -0.2) is 4.79 Å². The number of likely N-dealkylation sites (tertiary alicyclic amines) is 2. The summed E-state index contributed by atoms with van der Waals surface area (Å²) in [6.07, 6.45) is 3.92. The highest BCUT2D eigenvalue weighted by Gasteiger charge is 2.29. The molecule has 31 heavy (non-hydrogen) atoms. The summed E-state index contributed by atoms with van der Waals surface area (Å²) in [5.41, 5.74) is 0.805. The normalized spacial score (nSPS) is 20.4. The van der Waals surface area contributed by atoms with Crippen molar-refractivity contribution in [3.8, 4) is 0 Å². The first-order valence-corrected chi connectivity index (χ1v) is 12.2. The molecule has 6 nitrogen and oxygen atoms in total. The predicted octanol–water partition coefficient (Wildman–Crippen LogP) is 4.02. The van der Waals surface area contributed by atoms with E-state index in [0.717, 1.165) is 64.1 Å². The topological polar surface area (TPSA) is 64.7 Å². The maximum atomic E-state index is 12.7. The molecule has 2 aliphatic rings. The Balaban J connectivity index is 1.18. The molecule has 1 aromatic carbocycles. The maximum absolute atomic E-state index is 12.7. The standard InChI is InChI=1S/C24H32N4O2S/c29-23(26-21-7-2-1-3-8-21)20-6-4-12-28(17-20)24(30)25-16-19-10-13-27(14-11-19)18-22-9-5-15-31-22/h1-3,5,7-9,15,19-20H,4,6,10-14,16-18H2,(H,25,30)(H,26,29). The molecule has 0 saturated carbocycles. The number of hydrogen-bond donors (Lipinski definition) is 2. The molecule has 1 unspecified atom stereocenters. The van der Waals surface area contributed by atoms with Crippen LogP contribution in [0.5, 0.6) is 0 Å². The van der Waals surface area contributed by atoms with Crippen LogP contribution in [0.25, 0.3) is 0 Å². The van der Waals surface area contributed by atoms with Crippen molar-refractivity contribution in [1.29, 1.82) is 0 Å². The van der Waals surface area contributed by atoms with Gasteiger partial charge in [0, 0.05) is 36.7 Å². The van der Waals surface area contributed by atoms with Crippen molar-refractivity contribution in [1.82, 2.24) is 15.1 Å². The van der Waals surface area contributed by atoms with Crippen molar-refractivity contribution in [2.75, 3.05) is 38.0 Å². The Labute approximate surface area is 188 Å². The van der Waals surface area contributed by atoms with Gasteiger partial charge in [0.15, 0.2) is 0 Å². The Morgan fingerprint density at radius 3 is 2.55 bits per heavy atom. The number of nitrogens with zero attached hydrogens (tertiary/aromatic N) is 2. The Hall–Kier alpha value is -2.38. The summed E-state index contributed by atoms with van der Waals surface area (Å²) in [5, 5.41) is 8.24. The molecule has 2 aliphatic heterocycles. The number of anilines is 1. The number of piperidine rings is 2. The van der Waals surface area contributed by atoms with Gasteiger partial charge in [0.05, 0.1) is 5.92 Å². The highest BCUT2D eigenvalue weighted by Crippen LogP contribution is 2.21. The minimum absolute atomic E-state index is 0.00168. The smallest absolute Gasteiger partial charge is 0.317 e. The molecule has 166 valence electrons. The third-order valence-corrected chi connectivity index (χ3v) is 7.19. The Bertz CT molecular complexity index is 835. The van der Waals surface area contributed by atoms with Gasteiger partial charge in [0.1, 0.15) is 0 Å². The second kappa shape index (κ2) is 10.8. The molecule has 2 saturated heterocycles. The summed E-state index contributed by atoms with van der Waals surface area (Å²) in [6, 6.07) is 13.8. The van der Waals surface area contributed by atoms with E-state index >= 15 is 0 Å². The average Bonchev–Trinajstić information content (AvgIpc) is 3.32. The molecule has 2 fully saturated rings. The number of para-hydroxylation sites is 1. The highest BCUT2D eigenvalue weighted by atomic mass is 32.1. The van der Waals surface area contributed by atoms with E-state index in [1.807, 2.05) is 46.6 Å². The number of urea groups is 1. The lowest BCUT2D eigenvalue weighted by Gasteiger charge is -2.34. The first-order chi connectivity index (χ1) is 15.2. The second-order valence-electron chi connectivity index (χ2n) is 8.63. The monoisotopic (exact) mass is 440 g/mol. The predicted molar refractivity (Wildman–Crippen MR) is 125 cm³/mol.